The molecule has 1 aliphatic heterocycles. The Bertz CT molecular complexity index is 901. The lowest BCUT2D eigenvalue weighted by molar-refractivity contribution is -0.137. The molecular formula is C22H27ClN4O2. The lowest BCUT2D eigenvalue weighted by Gasteiger charge is -2.35. The minimum absolute atomic E-state index is 0.143. The van der Waals surface area contributed by atoms with Crippen molar-refractivity contribution in [2.24, 2.45) is 5.92 Å². The van der Waals surface area contributed by atoms with Crippen LogP contribution in [-0.4, -0.2) is 39.7 Å². The Morgan fingerprint density at radius 1 is 1.03 bits per heavy atom. The highest BCUT2D eigenvalue weighted by Gasteiger charge is 2.29. The second-order valence-corrected chi connectivity index (χ2v) is 8.38. The highest BCUT2D eigenvalue weighted by molar-refractivity contribution is 6.33. The summed E-state index contributed by atoms with van der Waals surface area (Å²) in [6.45, 7) is 1.50. The molecule has 0 bridgehead atoms. The van der Waals surface area contributed by atoms with Crippen LogP contribution in [0.4, 0.5) is 5.69 Å². The number of aromatic nitrogens is 2. The molecule has 1 saturated carbocycles. The normalized spacial score (nSPS) is 18.6. The van der Waals surface area contributed by atoms with Crippen molar-refractivity contribution in [3.05, 3.63) is 51.9 Å². The number of amides is 1. The molecule has 0 unspecified atom stereocenters. The Balaban J connectivity index is 1.38. The predicted octanol–water partition coefficient (Wildman–Crippen LogP) is 3.87. The monoisotopic (exact) mass is 414 g/mol. The van der Waals surface area contributed by atoms with Gasteiger partial charge in [-0.3, -0.25) is 9.59 Å². The lowest BCUT2D eigenvalue weighted by atomic mass is 9.87. The molecule has 7 heteroatoms. The number of hydrogen-bond donors (Lipinski definition) is 1. The van der Waals surface area contributed by atoms with E-state index >= 15 is 0 Å². The summed E-state index contributed by atoms with van der Waals surface area (Å²) < 4.78 is 1.30. The summed E-state index contributed by atoms with van der Waals surface area (Å²) in [5.74, 6) is 0.547. The lowest BCUT2D eigenvalue weighted by Crippen LogP contribution is -2.45. The number of nitrogens with one attached hydrogen (secondary N) is 1. The van der Waals surface area contributed by atoms with Gasteiger partial charge in [0.2, 0.25) is 5.91 Å². The summed E-state index contributed by atoms with van der Waals surface area (Å²) in [4.78, 5) is 27.4. The van der Waals surface area contributed by atoms with Crippen molar-refractivity contribution >= 4 is 23.2 Å². The second-order valence-electron chi connectivity index (χ2n) is 8.00. The fraction of sp³-hybridized carbons (Fsp3) is 0.500. The van der Waals surface area contributed by atoms with Gasteiger partial charge in [-0.2, -0.15) is 9.78 Å². The van der Waals surface area contributed by atoms with Gasteiger partial charge in [-0.15, -0.1) is 0 Å². The average Bonchev–Trinajstić information content (AvgIpc) is 2.78. The SMILES string of the molecule is O=C(C1CCCCC1)N1CCC(Nc2cnn(-c3ccccc3)c(=O)c2Cl)CC1. The third-order valence-electron chi connectivity index (χ3n) is 6.04. The number of piperidine rings is 1. The molecule has 1 aromatic heterocycles. The van der Waals surface area contributed by atoms with E-state index in [2.05, 4.69) is 10.4 Å². The summed E-state index contributed by atoms with van der Waals surface area (Å²) >= 11 is 6.35. The van der Waals surface area contributed by atoms with Crippen LogP contribution in [0.15, 0.2) is 41.3 Å². The van der Waals surface area contributed by atoms with Gasteiger partial charge in [0.25, 0.3) is 5.56 Å². The van der Waals surface area contributed by atoms with Crippen LogP contribution in [0.1, 0.15) is 44.9 Å². The maximum atomic E-state index is 12.7. The standard InChI is InChI=1S/C22H27ClN4O2/c23-20-19(15-24-27(22(20)29)18-9-5-2-6-10-18)25-17-11-13-26(14-12-17)21(28)16-7-3-1-4-8-16/h2,5-6,9-10,15-17,25H,1,3-4,7-8,11-14H2. The van der Waals surface area contributed by atoms with Crippen molar-refractivity contribution in [1.82, 2.24) is 14.7 Å². The maximum absolute atomic E-state index is 12.7. The fourth-order valence-electron chi connectivity index (χ4n) is 4.36. The Hall–Kier alpha value is -2.34. The van der Waals surface area contributed by atoms with Crippen LogP contribution >= 0.6 is 11.6 Å². The van der Waals surface area contributed by atoms with Crippen LogP contribution in [0.2, 0.25) is 5.02 Å². The van der Waals surface area contributed by atoms with E-state index in [1.165, 1.54) is 23.9 Å². The Labute approximate surface area is 175 Å². The molecule has 4 rings (SSSR count). The number of likely N-dealkylation sites (tertiary alicyclic amines) is 1. The number of para-hydroxylation sites is 1. The van der Waals surface area contributed by atoms with Gasteiger partial charge in [-0.1, -0.05) is 49.1 Å². The van der Waals surface area contributed by atoms with Crippen molar-refractivity contribution < 1.29 is 4.79 Å². The average molecular weight is 415 g/mol. The van der Waals surface area contributed by atoms with Crippen molar-refractivity contribution in [2.45, 2.75) is 51.0 Å². The number of carbonyl (C=O) groups excluding carboxylic acids is 1. The number of halogens is 1. The topological polar surface area (TPSA) is 67.2 Å². The van der Waals surface area contributed by atoms with Gasteiger partial charge in [0.05, 0.1) is 17.6 Å². The highest BCUT2D eigenvalue weighted by atomic mass is 35.5. The number of hydrogen-bond acceptors (Lipinski definition) is 4. The zero-order valence-corrected chi connectivity index (χ0v) is 17.3. The fourth-order valence-corrected chi connectivity index (χ4v) is 4.54. The van der Waals surface area contributed by atoms with Crippen LogP contribution in [0.25, 0.3) is 5.69 Å². The van der Waals surface area contributed by atoms with E-state index in [1.807, 2.05) is 35.2 Å². The van der Waals surface area contributed by atoms with E-state index in [0.717, 1.165) is 38.8 Å². The van der Waals surface area contributed by atoms with Crippen LogP contribution in [0, 0.1) is 5.92 Å². The molecule has 1 aliphatic carbocycles. The predicted molar refractivity (Wildman–Crippen MR) is 115 cm³/mol. The quantitative estimate of drug-likeness (QED) is 0.824. The third-order valence-corrected chi connectivity index (χ3v) is 6.41. The minimum atomic E-state index is -0.340. The molecule has 2 aliphatic rings. The smallest absolute Gasteiger partial charge is 0.292 e. The molecule has 0 spiro atoms. The van der Waals surface area contributed by atoms with Crippen molar-refractivity contribution in [1.29, 1.82) is 0 Å². The Kier molecular flexibility index (Phi) is 6.19. The third kappa shape index (κ3) is 4.47. The Morgan fingerprint density at radius 2 is 1.72 bits per heavy atom. The summed E-state index contributed by atoms with van der Waals surface area (Å²) in [5.41, 5.74) is 0.897. The number of rotatable bonds is 4. The molecular weight excluding hydrogens is 388 g/mol. The van der Waals surface area contributed by atoms with E-state index in [4.69, 9.17) is 11.6 Å². The molecule has 1 amide bonds. The molecule has 29 heavy (non-hydrogen) atoms. The molecule has 1 saturated heterocycles. The summed E-state index contributed by atoms with van der Waals surface area (Å²) in [5, 5.41) is 7.78. The second kappa shape index (κ2) is 8.99. The molecule has 0 atom stereocenters. The van der Waals surface area contributed by atoms with E-state index in [-0.39, 0.29) is 22.5 Å². The number of nitrogens with zero attached hydrogens (tertiary/aromatic N) is 3. The molecule has 2 heterocycles. The van der Waals surface area contributed by atoms with Crippen LogP contribution in [0.5, 0.6) is 0 Å². The number of benzene rings is 1. The highest BCUT2D eigenvalue weighted by Crippen LogP contribution is 2.27. The largest absolute Gasteiger partial charge is 0.380 e. The van der Waals surface area contributed by atoms with Crippen LogP contribution in [0.3, 0.4) is 0 Å². The Morgan fingerprint density at radius 3 is 2.41 bits per heavy atom. The van der Waals surface area contributed by atoms with Crippen molar-refractivity contribution in [2.75, 3.05) is 18.4 Å². The van der Waals surface area contributed by atoms with E-state index < -0.39 is 0 Å². The summed E-state index contributed by atoms with van der Waals surface area (Å²) in [7, 11) is 0. The first-order valence-corrected chi connectivity index (χ1v) is 10.9. The molecule has 2 aromatic rings. The van der Waals surface area contributed by atoms with E-state index in [9.17, 15) is 9.59 Å². The van der Waals surface area contributed by atoms with Gasteiger partial charge in [-0.05, 0) is 37.8 Å². The molecule has 0 radical (unpaired) electrons. The van der Waals surface area contributed by atoms with Crippen LogP contribution < -0.4 is 10.9 Å². The summed E-state index contributed by atoms with van der Waals surface area (Å²) in [6, 6.07) is 9.40. The van der Waals surface area contributed by atoms with Gasteiger partial charge < -0.3 is 10.2 Å². The van der Waals surface area contributed by atoms with Crippen molar-refractivity contribution in [3.8, 4) is 5.69 Å². The molecule has 1 N–H and O–H groups in total. The zero-order chi connectivity index (χ0) is 20.2. The molecule has 154 valence electrons. The van der Waals surface area contributed by atoms with Gasteiger partial charge in [0.15, 0.2) is 0 Å². The van der Waals surface area contributed by atoms with Gasteiger partial charge in [0.1, 0.15) is 5.02 Å². The van der Waals surface area contributed by atoms with Gasteiger partial charge in [0, 0.05) is 25.0 Å². The first kappa shape index (κ1) is 20.0. The zero-order valence-electron chi connectivity index (χ0n) is 16.5. The van der Waals surface area contributed by atoms with Gasteiger partial charge in [-0.25, -0.2) is 0 Å². The molecule has 6 nitrogen and oxygen atoms in total. The number of carbonyl (C=O) groups is 1. The first-order chi connectivity index (χ1) is 14.1. The summed E-state index contributed by atoms with van der Waals surface area (Å²) in [6.07, 6.45) is 8.98. The van der Waals surface area contributed by atoms with Crippen LogP contribution in [-0.2, 0) is 4.79 Å². The number of anilines is 1. The minimum Gasteiger partial charge on any atom is -0.380 e. The van der Waals surface area contributed by atoms with E-state index in [0.29, 0.717) is 17.3 Å². The van der Waals surface area contributed by atoms with E-state index in [1.54, 1.807) is 6.20 Å². The first-order valence-electron chi connectivity index (χ1n) is 10.5. The van der Waals surface area contributed by atoms with Gasteiger partial charge >= 0.3 is 0 Å². The molecule has 1 aromatic carbocycles. The van der Waals surface area contributed by atoms with Crippen molar-refractivity contribution in [3.63, 3.8) is 0 Å². The maximum Gasteiger partial charge on any atom is 0.292 e. The molecule has 2 fully saturated rings.